The van der Waals surface area contributed by atoms with Crippen LogP contribution in [0, 0.1) is 6.92 Å². The molecule has 0 spiro atoms. The Hall–Kier alpha value is -3.38. The first kappa shape index (κ1) is 18.0. The second-order valence-corrected chi connectivity index (χ2v) is 6.73. The smallest absolute Gasteiger partial charge is 0.340 e. The van der Waals surface area contributed by atoms with Gasteiger partial charge in [0.25, 0.3) is 0 Å². The first-order valence-electron chi connectivity index (χ1n) is 8.56. The molecule has 2 aromatic carbocycles. The van der Waals surface area contributed by atoms with Crippen LogP contribution >= 0.6 is 11.6 Å². The lowest BCUT2D eigenvalue weighted by atomic mass is 9.99. The number of benzene rings is 2. The molecule has 0 aliphatic heterocycles. The number of nitrogens with zero attached hydrogens (tertiary/aromatic N) is 2. The van der Waals surface area contributed by atoms with E-state index in [-0.39, 0.29) is 6.01 Å². The van der Waals surface area contributed by atoms with Gasteiger partial charge in [-0.15, -0.1) is 0 Å². The summed E-state index contributed by atoms with van der Waals surface area (Å²) in [5.74, 6) is 0.312. The minimum Gasteiger partial charge on any atom is -0.423 e. The molecule has 4 aromatic rings. The second-order valence-electron chi connectivity index (χ2n) is 6.33. The van der Waals surface area contributed by atoms with Crippen molar-refractivity contribution in [3.63, 3.8) is 0 Å². The van der Waals surface area contributed by atoms with Crippen LogP contribution in [0.15, 0.2) is 64.1 Å². The van der Waals surface area contributed by atoms with Crippen LogP contribution in [-0.2, 0) is 6.42 Å². The molecule has 6 nitrogen and oxygen atoms in total. The van der Waals surface area contributed by atoms with E-state index in [1.807, 2.05) is 25.1 Å². The Balaban J connectivity index is 1.77. The van der Waals surface area contributed by atoms with E-state index in [9.17, 15) is 4.79 Å². The number of ether oxygens (including phenoxy) is 1. The number of aromatic nitrogens is 2. The van der Waals surface area contributed by atoms with Crippen LogP contribution < -0.4 is 16.1 Å². The van der Waals surface area contributed by atoms with Gasteiger partial charge in [0.15, 0.2) is 5.75 Å². The van der Waals surface area contributed by atoms with Crippen molar-refractivity contribution in [2.24, 2.45) is 0 Å². The number of nitrogen functional groups attached to an aromatic ring is 1. The van der Waals surface area contributed by atoms with E-state index in [4.69, 9.17) is 26.5 Å². The quantitative estimate of drug-likeness (QED) is 0.405. The molecule has 4 rings (SSSR count). The van der Waals surface area contributed by atoms with Crippen molar-refractivity contribution in [1.82, 2.24) is 9.97 Å². The Labute approximate surface area is 165 Å². The van der Waals surface area contributed by atoms with Crippen LogP contribution in [0.4, 0.5) is 5.69 Å². The minimum atomic E-state index is -0.406. The number of halogens is 1. The third-order valence-electron chi connectivity index (χ3n) is 4.42. The third kappa shape index (κ3) is 3.54. The maximum atomic E-state index is 12.6. The van der Waals surface area contributed by atoms with E-state index < -0.39 is 5.63 Å². The Bertz CT molecular complexity index is 1220. The van der Waals surface area contributed by atoms with E-state index in [2.05, 4.69) is 9.97 Å². The first-order valence-corrected chi connectivity index (χ1v) is 8.94. The van der Waals surface area contributed by atoms with Gasteiger partial charge in [-0.3, -0.25) is 0 Å². The van der Waals surface area contributed by atoms with E-state index >= 15 is 0 Å². The van der Waals surface area contributed by atoms with Gasteiger partial charge >= 0.3 is 11.6 Å². The lowest BCUT2D eigenvalue weighted by molar-refractivity contribution is 0.441. The van der Waals surface area contributed by atoms with Gasteiger partial charge in [-0.2, -0.15) is 0 Å². The summed E-state index contributed by atoms with van der Waals surface area (Å²) in [4.78, 5) is 20.6. The molecule has 0 aliphatic rings. The fourth-order valence-corrected chi connectivity index (χ4v) is 3.22. The molecule has 140 valence electrons. The molecule has 2 aromatic heterocycles. The Morgan fingerprint density at radius 3 is 2.68 bits per heavy atom. The number of fused-ring (bicyclic) bond motifs is 1. The van der Waals surface area contributed by atoms with Crippen molar-refractivity contribution in [1.29, 1.82) is 0 Å². The molecule has 0 amide bonds. The fourth-order valence-electron chi connectivity index (χ4n) is 3.02. The van der Waals surface area contributed by atoms with Crippen LogP contribution in [0.2, 0.25) is 5.02 Å². The summed E-state index contributed by atoms with van der Waals surface area (Å²) >= 11 is 6.38. The molecule has 0 unspecified atom stereocenters. The van der Waals surface area contributed by atoms with E-state index in [0.717, 1.165) is 16.5 Å². The van der Waals surface area contributed by atoms with Crippen molar-refractivity contribution in [3.05, 3.63) is 87.0 Å². The molecular formula is C21H16ClN3O3. The molecule has 0 saturated carbocycles. The lowest BCUT2D eigenvalue weighted by Crippen LogP contribution is -2.11. The van der Waals surface area contributed by atoms with Crippen LogP contribution in [0.25, 0.3) is 11.0 Å². The average Bonchev–Trinajstić information content (AvgIpc) is 2.68. The van der Waals surface area contributed by atoms with Gasteiger partial charge in [0.2, 0.25) is 0 Å². The maximum Gasteiger partial charge on any atom is 0.340 e. The average molecular weight is 394 g/mol. The normalized spacial score (nSPS) is 10.9. The van der Waals surface area contributed by atoms with E-state index in [1.165, 1.54) is 0 Å². The van der Waals surface area contributed by atoms with Gasteiger partial charge in [-0.05, 0) is 42.3 Å². The minimum absolute atomic E-state index is 0.154. The zero-order valence-electron chi connectivity index (χ0n) is 15.0. The lowest BCUT2D eigenvalue weighted by Gasteiger charge is -2.11. The highest BCUT2D eigenvalue weighted by Gasteiger charge is 2.16. The summed E-state index contributed by atoms with van der Waals surface area (Å²) in [6, 6.07) is 12.5. The largest absolute Gasteiger partial charge is 0.423 e. The topological polar surface area (TPSA) is 91.2 Å². The van der Waals surface area contributed by atoms with Gasteiger partial charge in [-0.25, -0.2) is 14.8 Å². The van der Waals surface area contributed by atoms with E-state index in [0.29, 0.717) is 34.0 Å². The summed E-state index contributed by atoms with van der Waals surface area (Å²) in [5, 5.41) is 1.11. The van der Waals surface area contributed by atoms with Gasteiger partial charge < -0.3 is 14.9 Å². The zero-order chi connectivity index (χ0) is 19.7. The highest BCUT2D eigenvalue weighted by atomic mass is 35.5. The fraction of sp³-hybridized carbons (Fsp3) is 0.0952. The van der Waals surface area contributed by atoms with Gasteiger partial charge in [0.05, 0.1) is 5.02 Å². The number of hydrogen-bond donors (Lipinski definition) is 1. The standard InChI is InChI=1S/C21H16ClN3O3/c1-12-15-10-17(22)19(28-21-24-6-3-7-25-21)11-18(15)27-20(26)16(12)9-13-4-2-5-14(23)8-13/h2-8,10-11H,9,23H2,1H3. The van der Waals surface area contributed by atoms with Crippen LogP contribution in [0.5, 0.6) is 11.8 Å². The Kier molecular flexibility index (Phi) is 4.71. The van der Waals surface area contributed by atoms with Crippen LogP contribution in [0.3, 0.4) is 0 Å². The number of aryl methyl sites for hydroxylation is 1. The molecule has 28 heavy (non-hydrogen) atoms. The van der Waals surface area contributed by atoms with Crippen molar-refractivity contribution in [3.8, 4) is 11.8 Å². The van der Waals surface area contributed by atoms with Gasteiger partial charge in [0.1, 0.15) is 5.58 Å². The molecule has 0 fully saturated rings. The summed E-state index contributed by atoms with van der Waals surface area (Å²) < 4.78 is 11.1. The monoisotopic (exact) mass is 393 g/mol. The van der Waals surface area contributed by atoms with Crippen molar-refractivity contribution in [2.75, 3.05) is 5.73 Å². The molecule has 0 saturated heterocycles. The van der Waals surface area contributed by atoms with Crippen molar-refractivity contribution >= 4 is 28.3 Å². The van der Waals surface area contributed by atoms with Gasteiger partial charge in [-0.1, -0.05) is 23.7 Å². The molecule has 0 bridgehead atoms. The van der Waals surface area contributed by atoms with E-state index in [1.54, 1.807) is 36.7 Å². The SMILES string of the molecule is Cc1c(Cc2cccc(N)c2)c(=O)oc2cc(Oc3ncccn3)c(Cl)cc12. The summed E-state index contributed by atoms with van der Waals surface area (Å²) in [5.41, 5.74) is 8.76. The van der Waals surface area contributed by atoms with Crippen LogP contribution in [0.1, 0.15) is 16.7 Å². The molecule has 7 heteroatoms. The second kappa shape index (κ2) is 7.32. The number of hydrogen-bond acceptors (Lipinski definition) is 6. The third-order valence-corrected chi connectivity index (χ3v) is 4.71. The summed E-state index contributed by atoms with van der Waals surface area (Å²) in [7, 11) is 0. The number of rotatable bonds is 4. The summed E-state index contributed by atoms with van der Waals surface area (Å²) in [6.45, 7) is 1.87. The molecule has 2 N–H and O–H groups in total. The first-order chi connectivity index (χ1) is 13.5. The van der Waals surface area contributed by atoms with Crippen LogP contribution in [-0.4, -0.2) is 9.97 Å². The predicted octanol–water partition coefficient (Wildman–Crippen LogP) is 4.51. The number of nitrogens with two attached hydrogens (primary N) is 1. The van der Waals surface area contributed by atoms with Gasteiger partial charge in [0, 0.05) is 41.5 Å². The maximum absolute atomic E-state index is 12.6. The Morgan fingerprint density at radius 1 is 1.14 bits per heavy atom. The highest BCUT2D eigenvalue weighted by Crippen LogP contribution is 2.34. The highest BCUT2D eigenvalue weighted by molar-refractivity contribution is 6.32. The van der Waals surface area contributed by atoms with Crippen molar-refractivity contribution < 1.29 is 9.15 Å². The molecule has 0 atom stereocenters. The number of anilines is 1. The Morgan fingerprint density at radius 2 is 1.93 bits per heavy atom. The summed E-state index contributed by atoms with van der Waals surface area (Å²) in [6.07, 6.45) is 3.54. The predicted molar refractivity (Wildman–Crippen MR) is 108 cm³/mol. The van der Waals surface area contributed by atoms with Crippen molar-refractivity contribution in [2.45, 2.75) is 13.3 Å². The zero-order valence-corrected chi connectivity index (χ0v) is 15.7. The molecule has 0 radical (unpaired) electrons. The molecule has 2 heterocycles. The molecular weight excluding hydrogens is 378 g/mol. The molecule has 0 aliphatic carbocycles.